The smallest absolute Gasteiger partial charge is 0.249 e. The van der Waals surface area contributed by atoms with E-state index in [9.17, 15) is 13.2 Å². The molecule has 27 heavy (non-hydrogen) atoms. The number of hydrogen-bond donors (Lipinski definition) is 1. The zero-order valence-corrected chi connectivity index (χ0v) is 16.5. The van der Waals surface area contributed by atoms with Crippen LogP contribution in [0.3, 0.4) is 0 Å². The van der Waals surface area contributed by atoms with Crippen LogP contribution < -0.4 is 14.4 Å². The molecule has 3 rings (SSSR count). The average Bonchev–Trinajstić information content (AvgIpc) is 2.66. The van der Waals surface area contributed by atoms with Crippen LogP contribution in [-0.2, 0) is 14.8 Å². The number of sulfonamides is 1. The van der Waals surface area contributed by atoms with Gasteiger partial charge in [0.25, 0.3) is 0 Å². The van der Waals surface area contributed by atoms with E-state index in [-0.39, 0.29) is 6.42 Å². The van der Waals surface area contributed by atoms with Crippen molar-refractivity contribution in [2.75, 3.05) is 23.3 Å². The summed E-state index contributed by atoms with van der Waals surface area (Å²) in [6.07, 6.45) is 0.888. The third kappa shape index (κ3) is 3.39. The highest BCUT2D eigenvalue weighted by Gasteiger charge is 2.52. The molecule has 1 fully saturated rings. The fourth-order valence-electron chi connectivity index (χ4n) is 3.30. The Kier molecular flexibility index (Phi) is 5.15. The zero-order valence-electron chi connectivity index (χ0n) is 15.7. The van der Waals surface area contributed by atoms with E-state index in [1.807, 2.05) is 13.0 Å². The Bertz CT molecular complexity index is 944. The van der Waals surface area contributed by atoms with Crippen molar-refractivity contribution in [2.24, 2.45) is 0 Å². The molecule has 0 aromatic heterocycles. The Balaban J connectivity index is 1.91. The summed E-state index contributed by atoms with van der Waals surface area (Å²) in [6.45, 7) is 3.72. The van der Waals surface area contributed by atoms with E-state index in [1.54, 1.807) is 49.6 Å². The summed E-state index contributed by atoms with van der Waals surface area (Å²) in [5, 5.41) is 2.80. The van der Waals surface area contributed by atoms with Gasteiger partial charge in [-0.2, -0.15) is 0 Å². The predicted molar refractivity (Wildman–Crippen MR) is 107 cm³/mol. The Morgan fingerprint density at radius 1 is 1.19 bits per heavy atom. The number of carbonyl (C=O) groups excluding carboxylic acids is 1. The van der Waals surface area contributed by atoms with Gasteiger partial charge in [-0.3, -0.25) is 9.10 Å². The first kappa shape index (κ1) is 19.2. The zero-order chi connectivity index (χ0) is 19.7. The van der Waals surface area contributed by atoms with E-state index < -0.39 is 20.7 Å². The van der Waals surface area contributed by atoms with Gasteiger partial charge in [0, 0.05) is 12.2 Å². The molecule has 0 spiro atoms. The van der Waals surface area contributed by atoms with Crippen molar-refractivity contribution in [1.82, 2.24) is 0 Å². The van der Waals surface area contributed by atoms with Gasteiger partial charge in [-0.15, -0.1) is 0 Å². The highest BCUT2D eigenvalue weighted by atomic mass is 32.2. The number of ether oxygens (including phenoxy) is 1. The van der Waals surface area contributed by atoms with Crippen molar-refractivity contribution < 1.29 is 17.9 Å². The molecule has 144 valence electrons. The highest BCUT2D eigenvalue weighted by molar-refractivity contribution is 7.95. The fraction of sp³-hybridized carbons (Fsp3) is 0.350. The number of anilines is 2. The Morgan fingerprint density at radius 2 is 1.89 bits per heavy atom. The number of amides is 1. The van der Waals surface area contributed by atoms with Crippen molar-refractivity contribution in [3.63, 3.8) is 0 Å². The molecule has 1 amide bonds. The molecule has 0 bridgehead atoms. The van der Waals surface area contributed by atoms with E-state index in [0.29, 0.717) is 30.1 Å². The topological polar surface area (TPSA) is 75.7 Å². The number of nitrogens with zero attached hydrogens (tertiary/aromatic N) is 1. The lowest BCUT2D eigenvalue weighted by Crippen LogP contribution is -2.57. The van der Waals surface area contributed by atoms with Gasteiger partial charge < -0.3 is 10.1 Å². The minimum Gasteiger partial charge on any atom is -0.497 e. The van der Waals surface area contributed by atoms with Gasteiger partial charge in [0.1, 0.15) is 5.75 Å². The Hall–Kier alpha value is -2.54. The number of methoxy groups -OCH3 is 1. The molecule has 1 aliphatic heterocycles. The summed E-state index contributed by atoms with van der Waals surface area (Å²) in [6, 6.07) is 14.2. The monoisotopic (exact) mass is 388 g/mol. The molecule has 0 saturated carbocycles. The third-order valence-corrected chi connectivity index (χ3v) is 7.58. The molecule has 6 nitrogen and oxygen atoms in total. The lowest BCUT2D eigenvalue weighted by molar-refractivity contribution is -0.118. The molecule has 7 heteroatoms. The largest absolute Gasteiger partial charge is 0.497 e. The molecule has 1 atom stereocenters. The molecule has 0 unspecified atom stereocenters. The van der Waals surface area contributed by atoms with Gasteiger partial charge in [0.2, 0.25) is 15.9 Å². The van der Waals surface area contributed by atoms with Crippen LogP contribution >= 0.6 is 0 Å². The van der Waals surface area contributed by atoms with Crippen LogP contribution in [0.1, 0.15) is 25.3 Å². The standard InChI is InChI=1S/C20H24N2O4S/c1-15-14-17(26-3)10-11-18(15)21-19(23)20(2)12-7-13-22(27(20,24)25)16-8-5-4-6-9-16/h4-6,8-11,14H,7,12-13H2,1-3H3,(H,21,23)/t20-/m1/s1. The lowest BCUT2D eigenvalue weighted by atomic mass is 10.0. The average molecular weight is 388 g/mol. The summed E-state index contributed by atoms with van der Waals surface area (Å²) < 4.78 is 31.6. The summed E-state index contributed by atoms with van der Waals surface area (Å²) in [5.41, 5.74) is 1.96. The van der Waals surface area contributed by atoms with E-state index >= 15 is 0 Å². The quantitative estimate of drug-likeness (QED) is 0.872. The predicted octanol–water partition coefficient (Wildman–Crippen LogP) is 3.33. The van der Waals surface area contributed by atoms with Gasteiger partial charge in [0.05, 0.1) is 12.8 Å². The molecule has 1 heterocycles. The minimum absolute atomic E-state index is 0.277. The molecule has 1 saturated heterocycles. The van der Waals surface area contributed by atoms with Crippen LogP contribution in [0.5, 0.6) is 5.75 Å². The number of carbonyl (C=O) groups is 1. The first-order chi connectivity index (χ1) is 12.8. The molecular weight excluding hydrogens is 364 g/mol. The van der Waals surface area contributed by atoms with Crippen molar-refractivity contribution in [2.45, 2.75) is 31.4 Å². The maximum atomic E-state index is 13.3. The molecule has 0 aliphatic carbocycles. The number of rotatable bonds is 4. The number of benzene rings is 2. The van der Waals surface area contributed by atoms with Crippen molar-refractivity contribution in [1.29, 1.82) is 0 Å². The van der Waals surface area contributed by atoms with Crippen molar-refractivity contribution >= 4 is 27.3 Å². The Morgan fingerprint density at radius 3 is 2.52 bits per heavy atom. The van der Waals surface area contributed by atoms with Crippen LogP contribution in [0, 0.1) is 6.92 Å². The second kappa shape index (κ2) is 7.23. The number of aryl methyl sites for hydroxylation is 1. The fourth-order valence-corrected chi connectivity index (χ4v) is 5.25. The van der Waals surface area contributed by atoms with E-state index in [1.165, 1.54) is 11.2 Å². The normalized spacial score (nSPS) is 21.5. The van der Waals surface area contributed by atoms with Gasteiger partial charge in [-0.25, -0.2) is 8.42 Å². The first-order valence-corrected chi connectivity index (χ1v) is 10.3. The van der Waals surface area contributed by atoms with Gasteiger partial charge in [-0.1, -0.05) is 18.2 Å². The van der Waals surface area contributed by atoms with E-state index in [2.05, 4.69) is 5.32 Å². The molecule has 2 aromatic carbocycles. The van der Waals surface area contributed by atoms with Crippen LogP contribution in [0.15, 0.2) is 48.5 Å². The van der Waals surface area contributed by atoms with Crippen LogP contribution in [0.4, 0.5) is 11.4 Å². The van der Waals surface area contributed by atoms with Crippen LogP contribution in [0.25, 0.3) is 0 Å². The number of hydrogen-bond acceptors (Lipinski definition) is 4. The summed E-state index contributed by atoms with van der Waals surface area (Å²) >= 11 is 0. The molecule has 0 radical (unpaired) electrons. The second-order valence-corrected chi connectivity index (χ2v) is 9.17. The maximum absolute atomic E-state index is 13.3. The molecule has 1 aliphatic rings. The summed E-state index contributed by atoms with van der Waals surface area (Å²) in [5.74, 6) is 0.161. The number of nitrogens with one attached hydrogen (secondary N) is 1. The lowest BCUT2D eigenvalue weighted by Gasteiger charge is -2.39. The number of para-hydroxylation sites is 1. The van der Waals surface area contributed by atoms with E-state index in [0.717, 1.165) is 5.56 Å². The van der Waals surface area contributed by atoms with Crippen molar-refractivity contribution in [3.8, 4) is 5.75 Å². The minimum atomic E-state index is -3.87. The van der Waals surface area contributed by atoms with E-state index in [4.69, 9.17) is 4.74 Å². The van der Waals surface area contributed by atoms with Gasteiger partial charge >= 0.3 is 0 Å². The van der Waals surface area contributed by atoms with Gasteiger partial charge in [0.15, 0.2) is 4.75 Å². The van der Waals surface area contributed by atoms with Gasteiger partial charge in [-0.05, 0) is 62.6 Å². The van der Waals surface area contributed by atoms with Crippen LogP contribution in [0.2, 0.25) is 0 Å². The summed E-state index contributed by atoms with van der Waals surface area (Å²) in [7, 11) is -2.30. The molecule has 1 N–H and O–H groups in total. The van der Waals surface area contributed by atoms with Crippen LogP contribution in [-0.4, -0.2) is 32.7 Å². The van der Waals surface area contributed by atoms with Crippen molar-refractivity contribution in [3.05, 3.63) is 54.1 Å². The Labute approximate surface area is 160 Å². The summed E-state index contributed by atoms with van der Waals surface area (Å²) in [4.78, 5) is 13.0. The SMILES string of the molecule is COc1ccc(NC(=O)[C@@]2(C)CCCN(c3ccccc3)S2(=O)=O)c(C)c1. The first-order valence-electron chi connectivity index (χ1n) is 8.83. The molecule has 2 aromatic rings. The highest BCUT2D eigenvalue weighted by Crippen LogP contribution is 2.36. The second-order valence-electron chi connectivity index (χ2n) is 6.88. The third-order valence-electron chi connectivity index (χ3n) is 5.08. The maximum Gasteiger partial charge on any atom is 0.249 e. The molecular formula is C20H24N2O4S.